The number of aromatic amines is 1. The molecule has 3 heterocycles. The zero-order valence-electron chi connectivity index (χ0n) is 19.7. The Kier molecular flexibility index (Phi) is 8.59. The quantitative estimate of drug-likeness (QED) is 0.483. The van der Waals surface area contributed by atoms with Crippen LogP contribution in [0.4, 0.5) is 19.0 Å². The van der Waals surface area contributed by atoms with Gasteiger partial charge in [0.2, 0.25) is 0 Å². The van der Waals surface area contributed by atoms with Crippen LogP contribution in [0.2, 0.25) is 0 Å². The van der Waals surface area contributed by atoms with Crippen molar-refractivity contribution in [2.45, 2.75) is 25.7 Å². The summed E-state index contributed by atoms with van der Waals surface area (Å²) >= 11 is 0. The van der Waals surface area contributed by atoms with Crippen LogP contribution in [0.15, 0.2) is 48.9 Å². The van der Waals surface area contributed by atoms with E-state index in [4.69, 9.17) is 9.90 Å². The summed E-state index contributed by atoms with van der Waals surface area (Å²) in [5.74, 6) is -0.320. The number of alkyl halides is 3. The molecule has 1 amide bonds. The predicted octanol–water partition coefficient (Wildman–Crippen LogP) is 2.88. The molecule has 1 saturated heterocycles. The number of imidazole rings is 1. The van der Waals surface area contributed by atoms with Crippen molar-refractivity contribution in [3.05, 3.63) is 71.7 Å². The first-order chi connectivity index (χ1) is 17.0. The number of amides is 1. The van der Waals surface area contributed by atoms with E-state index in [0.717, 1.165) is 29.6 Å². The highest BCUT2D eigenvalue weighted by Crippen LogP contribution is 2.22. The molecule has 4 rings (SSSR count). The van der Waals surface area contributed by atoms with E-state index < -0.39 is 12.1 Å². The van der Waals surface area contributed by atoms with Crippen molar-refractivity contribution >= 4 is 17.7 Å². The van der Waals surface area contributed by atoms with E-state index >= 15 is 0 Å². The zero-order valence-corrected chi connectivity index (χ0v) is 19.7. The number of carbonyl (C=O) groups excluding carboxylic acids is 1. The van der Waals surface area contributed by atoms with Crippen molar-refractivity contribution in [2.24, 2.45) is 0 Å². The maximum atomic E-state index is 13.1. The molecular formula is C23H26F3N7O3. The highest BCUT2D eigenvalue weighted by atomic mass is 19.4. The second-order valence-electron chi connectivity index (χ2n) is 8.07. The standard InChI is InChI=1S/C21H25N7O.C2HF3O2/c1-15-22-7-6-19(26-15)25-13-16-4-3-5-17(12-16)21(29)28-11-10-27(2)18(14-28)20-23-8-9-24-20;3-2(4,5)1(6)7/h3-9,12,18H,10-11,13-14H2,1-2H3,(H,23,24)(H,22,25,26);(H,6,7). The molecule has 1 aliphatic heterocycles. The Morgan fingerprint density at radius 2 is 1.94 bits per heavy atom. The summed E-state index contributed by atoms with van der Waals surface area (Å²) < 4.78 is 31.7. The lowest BCUT2D eigenvalue weighted by Crippen LogP contribution is -2.49. The van der Waals surface area contributed by atoms with Gasteiger partial charge in [0.05, 0.1) is 6.04 Å². The highest BCUT2D eigenvalue weighted by molar-refractivity contribution is 5.94. The number of nitrogens with one attached hydrogen (secondary N) is 2. The molecular weight excluding hydrogens is 479 g/mol. The van der Waals surface area contributed by atoms with E-state index in [1.807, 2.05) is 48.4 Å². The molecule has 3 N–H and O–H groups in total. The minimum absolute atomic E-state index is 0.0504. The van der Waals surface area contributed by atoms with Gasteiger partial charge in [-0.1, -0.05) is 12.1 Å². The molecule has 0 aliphatic carbocycles. The SMILES string of the molecule is Cc1nccc(NCc2cccc(C(=O)N3CCN(C)C(c4ncc[nH]4)C3)c2)n1.O=C(O)C(F)(F)F. The Hall–Kier alpha value is -4.00. The van der Waals surface area contributed by atoms with Gasteiger partial charge in [0.1, 0.15) is 17.5 Å². The predicted molar refractivity (Wildman–Crippen MR) is 124 cm³/mol. The Bertz CT molecular complexity index is 1170. The number of aryl methyl sites for hydroxylation is 1. The summed E-state index contributed by atoms with van der Waals surface area (Å²) in [6, 6.07) is 9.67. The number of hydrogen-bond donors (Lipinski definition) is 3. The number of anilines is 1. The van der Waals surface area contributed by atoms with Crippen molar-refractivity contribution in [1.82, 2.24) is 29.7 Å². The number of rotatable bonds is 5. The Morgan fingerprint density at radius 3 is 2.58 bits per heavy atom. The average Bonchev–Trinajstić information content (AvgIpc) is 3.37. The van der Waals surface area contributed by atoms with Crippen molar-refractivity contribution in [1.29, 1.82) is 0 Å². The van der Waals surface area contributed by atoms with Gasteiger partial charge in [0.25, 0.3) is 5.91 Å². The van der Waals surface area contributed by atoms with Crippen molar-refractivity contribution < 1.29 is 27.9 Å². The lowest BCUT2D eigenvalue weighted by Gasteiger charge is -2.38. The molecule has 1 atom stereocenters. The normalized spacial score (nSPS) is 16.1. The molecule has 0 bridgehead atoms. The average molecular weight is 506 g/mol. The Balaban J connectivity index is 0.000000454. The fourth-order valence-corrected chi connectivity index (χ4v) is 3.56. The monoisotopic (exact) mass is 505 g/mol. The minimum Gasteiger partial charge on any atom is -0.475 e. The van der Waals surface area contributed by atoms with Gasteiger partial charge >= 0.3 is 12.1 Å². The summed E-state index contributed by atoms with van der Waals surface area (Å²) in [6.07, 6.45) is 0.215. The van der Waals surface area contributed by atoms with Gasteiger partial charge in [-0.3, -0.25) is 9.69 Å². The third-order valence-corrected chi connectivity index (χ3v) is 5.44. The maximum Gasteiger partial charge on any atom is 0.490 e. The highest BCUT2D eigenvalue weighted by Gasteiger charge is 2.38. The topological polar surface area (TPSA) is 127 Å². The van der Waals surface area contributed by atoms with Crippen LogP contribution < -0.4 is 5.32 Å². The number of aromatic nitrogens is 4. The molecule has 1 aliphatic rings. The van der Waals surface area contributed by atoms with Gasteiger partial charge in [-0.2, -0.15) is 13.2 Å². The van der Waals surface area contributed by atoms with E-state index in [9.17, 15) is 18.0 Å². The summed E-state index contributed by atoms with van der Waals surface area (Å²) in [4.78, 5) is 42.2. The van der Waals surface area contributed by atoms with E-state index in [0.29, 0.717) is 25.2 Å². The fourth-order valence-electron chi connectivity index (χ4n) is 3.56. The van der Waals surface area contributed by atoms with Gasteiger partial charge in [-0.15, -0.1) is 0 Å². The lowest BCUT2D eigenvalue weighted by atomic mass is 10.1. The number of hydrogen-bond acceptors (Lipinski definition) is 7. The number of carboxylic acid groups (broad SMARTS) is 1. The molecule has 1 aromatic carbocycles. The second-order valence-corrected chi connectivity index (χ2v) is 8.07. The number of piperazine rings is 1. The van der Waals surface area contributed by atoms with Crippen LogP contribution in [0.3, 0.4) is 0 Å². The Labute approximate surface area is 205 Å². The number of halogens is 3. The third kappa shape index (κ3) is 7.25. The molecule has 13 heteroatoms. The first-order valence-electron chi connectivity index (χ1n) is 11.0. The summed E-state index contributed by atoms with van der Waals surface area (Å²) in [5.41, 5.74) is 1.73. The molecule has 0 radical (unpaired) electrons. The number of nitrogens with zero attached hydrogens (tertiary/aromatic N) is 5. The summed E-state index contributed by atoms with van der Waals surface area (Å²) in [6.45, 7) is 4.58. The molecule has 1 fully saturated rings. The smallest absolute Gasteiger partial charge is 0.475 e. The molecule has 10 nitrogen and oxygen atoms in total. The molecule has 0 saturated carbocycles. The molecule has 192 valence electrons. The van der Waals surface area contributed by atoms with E-state index in [2.05, 4.69) is 37.2 Å². The molecule has 2 aromatic heterocycles. The number of carboxylic acids is 1. The van der Waals surface area contributed by atoms with Crippen LogP contribution in [-0.2, 0) is 11.3 Å². The maximum absolute atomic E-state index is 13.1. The zero-order chi connectivity index (χ0) is 26.3. The van der Waals surface area contributed by atoms with Crippen molar-refractivity contribution in [2.75, 3.05) is 32.0 Å². The van der Waals surface area contributed by atoms with E-state index in [1.54, 1.807) is 12.4 Å². The largest absolute Gasteiger partial charge is 0.490 e. The number of likely N-dealkylation sites (N-methyl/N-ethyl adjacent to an activating group) is 1. The molecule has 36 heavy (non-hydrogen) atoms. The number of carbonyl (C=O) groups is 2. The van der Waals surface area contributed by atoms with Gasteiger partial charge in [0, 0.05) is 50.3 Å². The first-order valence-corrected chi connectivity index (χ1v) is 11.0. The van der Waals surface area contributed by atoms with Crippen molar-refractivity contribution in [3.8, 4) is 0 Å². The van der Waals surface area contributed by atoms with Crippen LogP contribution in [0.1, 0.15) is 33.6 Å². The summed E-state index contributed by atoms with van der Waals surface area (Å²) in [7, 11) is 2.07. The van der Waals surface area contributed by atoms with E-state index in [-0.39, 0.29) is 11.9 Å². The van der Waals surface area contributed by atoms with E-state index in [1.165, 1.54) is 0 Å². The fraction of sp³-hybridized carbons (Fsp3) is 0.348. The van der Waals surface area contributed by atoms with Gasteiger partial charge < -0.3 is 20.3 Å². The minimum atomic E-state index is -5.08. The number of H-pyrrole nitrogens is 1. The lowest BCUT2D eigenvalue weighted by molar-refractivity contribution is -0.192. The van der Waals surface area contributed by atoms with Crippen LogP contribution in [0, 0.1) is 6.92 Å². The van der Waals surface area contributed by atoms with Crippen LogP contribution in [0.25, 0.3) is 0 Å². The van der Waals surface area contributed by atoms with Gasteiger partial charge in [-0.05, 0) is 37.7 Å². The molecule has 1 unspecified atom stereocenters. The van der Waals surface area contributed by atoms with Gasteiger partial charge in [-0.25, -0.2) is 19.7 Å². The third-order valence-electron chi connectivity index (χ3n) is 5.44. The van der Waals surface area contributed by atoms with Crippen LogP contribution in [0.5, 0.6) is 0 Å². The second kappa shape index (κ2) is 11.6. The van der Waals surface area contributed by atoms with Crippen molar-refractivity contribution in [3.63, 3.8) is 0 Å². The number of benzene rings is 1. The van der Waals surface area contributed by atoms with Crippen LogP contribution in [-0.4, -0.2) is 79.6 Å². The first kappa shape index (κ1) is 26.6. The molecule has 0 spiro atoms. The number of aliphatic carboxylic acids is 1. The Morgan fingerprint density at radius 1 is 1.19 bits per heavy atom. The summed E-state index contributed by atoms with van der Waals surface area (Å²) in [5, 5.41) is 10.4. The van der Waals surface area contributed by atoms with Crippen LogP contribution >= 0.6 is 0 Å². The van der Waals surface area contributed by atoms with Gasteiger partial charge in [0.15, 0.2) is 0 Å². The molecule has 3 aromatic rings.